The fourth-order valence-electron chi connectivity index (χ4n) is 1.42. The SMILES string of the molecule is CCCCNC(=O)CNCc1ccc(OC)nc1. The third-order valence-electron chi connectivity index (χ3n) is 2.47. The van der Waals surface area contributed by atoms with E-state index in [1.807, 2.05) is 6.07 Å². The lowest BCUT2D eigenvalue weighted by molar-refractivity contribution is -0.120. The van der Waals surface area contributed by atoms with Crippen LogP contribution in [0.5, 0.6) is 5.88 Å². The highest BCUT2D eigenvalue weighted by Gasteiger charge is 2.00. The molecule has 0 bridgehead atoms. The van der Waals surface area contributed by atoms with E-state index >= 15 is 0 Å². The molecule has 0 aliphatic carbocycles. The van der Waals surface area contributed by atoms with E-state index in [0.29, 0.717) is 19.0 Å². The van der Waals surface area contributed by atoms with E-state index in [0.717, 1.165) is 24.9 Å². The first-order valence-electron chi connectivity index (χ1n) is 6.22. The summed E-state index contributed by atoms with van der Waals surface area (Å²) >= 11 is 0. The van der Waals surface area contributed by atoms with Gasteiger partial charge in [0.1, 0.15) is 0 Å². The van der Waals surface area contributed by atoms with Crippen LogP contribution >= 0.6 is 0 Å². The van der Waals surface area contributed by atoms with Gasteiger partial charge in [-0.05, 0) is 12.0 Å². The highest BCUT2D eigenvalue weighted by molar-refractivity contribution is 5.77. The normalized spacial score (nSPS) is 10.1. The first-order valence-corrected chi connectivity index (χ1v) is 6.22. The predicted molar refractivity (Wildman–Crippen MR) is 70.4 cm³/mol. The maximum atomic E-state index is 11.4. The summed E-state index contributed by atoms with van der Waals surface area (Å²) in [5.74, 6) is 0.626. The quantitative estimate of drug-likeness (QED) is 0.679. The van der Waals surface area contributed by atoms with Crippen LogP contribution < -0.4 is 15.4 Å². The minimum atomic E-state index is 0.0323. The Hall–Kier alpha value is -1.62. The van der Waals surface area contributed by atoms with Crippen LogP contribution in [0.3, 0.4) is 0 Å². The van der Waals surface area contributed by atoms with Gasteiger partial charge in [-0.3, -0.25) is 4.79 Å². The molecule has 18 heavy (non-hydrogen) atoms. The Morgan fingerprint density at radius 2 is 2.28 bits per heavy atom. The summed E-state index contributed by atoms with van der Waals surface area (Å²) in [6.45, 7) is 3.80. The van der Waals surface area contributed by atoms with Crippen molar-refractivity contribution in [1.82, 2.24) is 15.6 Å². The summed E-state index contributed by atoms with van der Waals surface area (Å²) in [5.41, 5.74) is 1.03. The first kappa shape index (κ1) is 14.4. The number of hydrogen-bond donors (Lipinski definition) is 2. The number of nitrogens with zero attached hydrogens (tertiary/aromatic N) is 1. The topological polar surface area (TPSA) is 63.2 Å². The molecule has 1 aromatic rings. The lowest BCUT2D eigenvalue weighted by Crippen LogP contribution is -2.34. The molecule has 0 aliphatic heterocycles. The van der Waals surface area contributed by atoms with Crippen LogP contribution in [0.4, 0.5) is 0 Å². The molecule has 0 saturated carbocycles. The van der Waals surface area contributed by atoms with E-state index < -0.39 is 0 Å². The number of rotatable bonds is 8. The molecule has 1 heterocycles. The average Bonchev–Trinajstić information content (AvgIpc) is 2.40. The fourth-order valence-corrected chi connectivity index (χ4v) is 1.42. The van der Waals surface area contributed by atoms with Crippen LogP contribution in [-0.2, 0) is 11.3 Å². The summed E-state index contributed by atoms with van der Waals surface area (Å²) in [6, 6.07) is 3.73. The van der Waals surface area contributed by atoms with Gasteiger partial charge in [-0.1, -0.05) is 19.4 Å². The number of methoxy groups -OCH3 is 1. The lowest BCUT2D eigenvalue weighted by Gasteiger charge is -2.06. The molecular formula is C13H21N3O2. The molecule has 2 N–H and O–H groups in total. The zero-order valence-corrected chi connectivity index (χ0v) is 11.0. The highest BCUT2D eigenvalue weighted by Crippen LogP contribution is 2.05. The third kappa shape index (κ3) is 5.63. The molecular weight excluding hydrogens is 230 g/mol. The van der Waals surface area contributed by atoms with Crippen molar-refractivity contribution >= 4 is 5.91 Å². The molecule has 0 spiro atoms. The second kappa shape index (κ2) is 8.47. The van der Waals surface area contributed by atoms with E-state index in [-0.39, 0.29) is 5.91 Å². The van der Waals surface area contributed by atoms with Gasteiger partial charge in [-0.2, -0.15) is 0 Å². The largest absolute Gasteiger partial charge is 0.481 e. The van der Waals surface area contributed by atoms with Crippen molar-refractivity contribution in [2.45, 2.75) is 26.3 Å². The van der Waals surface area contributed by atoms with Crippen molar-refractivity contribution in [1.29, 1.82) is 0 Å². The standard InChI is InChI=1S/C13H21N3O2/c1-3-4-7-15-12(17)10-14-8-11-5-6-13(18-2)16-9-11/h5-6,9,14H,3-4,7-8,10H2,1-2H3,(H,15,17). The van der Waals surface area contributed by atoms with Gasteiger partial charge in [-0.25, -0.2) is 4.98 Å². The molecule has 1 amide bonds. The molecule has 0 unspecified atom stereocenters. The molecule has 5 nitrogen and oxygen atoms in total. The van der Waals surface area contributed by atoms with Gasteiger partial charge >= 0.3 is 0 Å². The molecule has 0 fully saturated rings. The lowest BCUT2D eigenvalue weighted by atomic mass is 10.3. The average molecular weight is 251 g/mol. The van der Waals surface area contributed by atoms with Crippen molar-refractivity contribution in [3.8, 4) is 5.88 Å². The Morgan fingerprint density at radius 1 is 1.44 bits per heavy atom. The Labute approximate surface area is 108 Å². The van der Waals surface area contributed by atoms with Crippen molar-refractivity contribution in [3.63, 3.8) is 0 Å². The summed E-state index contributed by atoms with van der Waals surface area (Å²) in [5, 5.41) is 5.92. The van der Waals surface area contributed by atoms with Gasteiger partial charge in [0.2, 0.25) is 11.8 Å². The Bertz CT molecular complexity index is 352. The number of nitrogens with one attached hydrogen (secondary N) is 2. The van der Waals surface area contributed by atoms with E-state index in [4.69, 9.17) is 4.74 Å². The van der Waals surface area contributed by atoms with Crippen LogP contribution in [-0.4, -0.2) is 31.1 Å². The highest BCUT2D eigenvalue weighted by atomic mass is 16.5. The molecule has 0 atom stereocenters. The minimum absolute atomic E-state index is 0.0323. The number of carbonyl (C=O) groups is 1. The number of carbonyl (C=O) groups excluding carboxylic acids is 1. The van der Waals surface area contributed by atoms with Gasteiger partial charge in [0.25, 0.3) is 0 Å². The molecule has 0 aromatic carbocycles. The van der Waals surface area contributed by atoms with Gasteiger partial charge in [0.05, 0.1) is 13.7 Å². The number of hydrogen-bond acceptors (Lipinski definition) is 4. The Balaban J connectivity index is 2.18. The van der Waals surface area contributed by atoms with Crippen molar-refractivity contribution in [3.05, 3.63) is 23.9 Å². The van der Waals surface area contributed by atoms with Gasteiger partial charge in [0, 0.05) is 25.4 Å². The molecule has 5 heteroatoms. The van der Waals surface area contributed by atoms with Crippen LogP contribution in [0.25, 0.3) is 0 Å². The zero-order chi connectivity index (χ0) is 13.2. The van der Waals surface area contributed by atoms with E-state index in [1.54, 1.807) is 19.4 Å². The van der Waals surface area contributed by atoms with E-state index in [2.05, 4.69) is 22.5 Å². The molecule has 0 radical (unpaired) electrons. The van der Waals surface area contributed by atoms with Gasteiger partial charge in [0.15, 0.2) is 0 Å². The smallest absolute Gasteiger partial charge is 0.233 e. The number of ether oxygens (including phenoxy) is 1. The third-order valence-corrected chi connectivity index (χ3v) is 2.47. The maximum absolute atomic E-state index is 11.4. The maximum Gasteiger partial charge on any atom is 0.233 e. The molecule has 1 rings (SSSR count). The molecule has 0 saturated heterocycles. The second-order valence-corrected chi connectivity index (χ2v) is 4.02. The Kier molecular flexibility index (Phi) is 6.79. The zero-order valence-electron chi connectivity index (χ0n) is 11.0. The fraction of sp³-hybridized carbons (Fsp3) is 0.538. The van der Waals surface area contributed by atoms with Crippen LogP contribution in [0, 0.1) is 0 Å². The molecule has 100 valence electrons. The van der Waals surface area contributed by atoms with Crippen molar-refractivity contribution < 1.29 is 9.53 Å². The van der Waals surface area contributed by atoms with E-state index in [1.165, 1.54) is 0 Å². The molecule has 0 aliphatic rings. The second-order valence-electron chi connectivity index (χ2n) is 4.02. The minimum Gasteiger partial charge on any atom is -0.481 e. The predicted octanol–water partition coefficient (Wildman–Crippen LogP) is 1.10. The number of pyridine rings is 1. The van der Waals surface area contributed by atoms with Crippen LogP contribution in [0.2, 0.25) is 0 Å². The summed E-state index contributed by atoms with van der Waals surface area (Å²) in [4.78, 5) is 15.5. The number of amides is 1. The number of unbranched alkanes of at least 4 members (excludes halogenated alkanes) is 1. The van der Waals surface area contributed by atoms with Gasteiger partial charge in [-0.15, -0.1) is 0 Å². The van der Waals surface area contributed by atoms with Crippen LogP contribution in [0.15, 0.2) is 18.3 Å². The summed E-state index contributed by atoms with van der Waals surface area (Å²) in [7, 11) is 1.58. The van der Waals surface area contributed by atoms with Gasteiger partial charge < -0.3 is 15.4 Å². The van der Waals surface area contributed by atoms with Crippen molar-refractivity contribution in [2.75, 3.05) is 20.2 Å². The Morgan fingerprint density at radius 3 is 2.89 bits per heavy atom. The monoisotopic (exact) mass is 251 g/mol. The summed E-state index contributed by atoms with van der Waals surface area (Å²) in [6.07, 6.45) is 3.85. The molecule has 1 aromatic heterocycles. The van der Waals surface area contributed by atoms with Crippen LogP contribution in [0.1, 0.15) is 25.3 Å². The van der Waals surface area contributed by atoms with E-state index in [9.17, 15) is 4.79 Å². The number of aromatic nitrogens is 1. The summed E-state index contributed by atoms with van der Waals surface area (Å²) < 4.78 is 4.97. The first-order chi connectivity index (χ1) is 8.76. The van der Waals surface area contributed by atoms with Crippen molar-refractivity contribution in [2.24, 2.45) is 0 Å².